The van der Waals surface area contributed by atoms with E-state index in [0.717, 1.165) is 45.4 Å². The molecule has 1 unspecified atom stereocenters. The number of hydrogen-bond donors (Lipinski definition) is 1. The molecule has 2 amide bonds. The fourth-order valence-electron chi connectivity index (χ4n) is 2.54. The Labute approximate surface area is 105 Å². The standard InChI is InChI=1S/C13H27N3O/c1-4-15(5-2)13(17)16-11-7-6-8-12(16)9-10-14-3/h12,14H,4-11H2,1-3H3. The van der Waals surface area contributed by atoms with E-state index in [0.29, 0.717) is 6.04 Å². The molecule has 0 spiro atoms. The van der Waals surface area contributed by atoms with Crippen LogP contribution in [-0.4, -0.2) is 55.1 Å². The van der Waals surface area contributed by atoms with Gasteiger partial charge >= 0.3 is 6.03 Å². The van der Waals surface area contributed by atoms with Crippen molar-refractivity contribution in [2.24, 2.45) is 0 Å². The minimum Gasteiger partial charge on any atom is -0.325 e. The summed E-state index contributed by atoms with van der Waals surface area (Å²) in [6.07, 6.45) is 4.65. The predicted octanol–water partition coefficient (Wildman–Crippen LogP) is 1.91. The van der Waals surface area contributed by atoms with Gasteiger partial charge in [-0.2, -0.15) is 0 Å². The molecule has 1 atom stereocenters. The van der Waals surface area contributed by atoms with E-state index in [1.165, 1.54) is 6.42 Å². The first kappa shape index (κ1) is 14.3. The fourth-order valence-corrected chi connectivity index (χ4v) is 2.54. The van der Waals surface area contributed by atoms with Crippen LogP contribution in [0.5, 0.6) is 0 Å². The molecule has 1 heterocycles. The molecule has 1 aliphatic heterocycles. The van der Waals surface area contributed by atoms with Crippen LogP contribution in [0, 0.1) is 0 Å². The molecule has 1 N–H and O–H groups in total. The van der Waals surface area contributed by atoms with Gasteiger partial charge in [0.15, 0.2) is 0 Å². The number of amides is 2. The third-order valence-corrected chi connectivity index (χ3v) is 3.63. The quantitative estimate of drug-likeness (QED) is 0.798. The smallest absolute Gasteiger partial charge is 0.320 e. The maximum atomic E-state index is 12.4. The van der Waals surface area contributed by atoms with Crippen LogP contribution in [0.15, 0.2) is 0 Å². The Morgan fingerprint density at radius 2 is 2.06 bits per heavy atom. The predicted molar refractivity (Wildman–Crippen MR) is 71.2 cm³/mol. The summed E-state index contributed by atoms with van der Waals surface area (Å²) in [5, 5.41) is 3.18. The van der Waals surface area contributed by atoms with Gasteiger partial charge in [-0.1, -0.05) is 0 Å². The van der Waals surface area contributed by atoms with Crippen molar-refractivity contribution in [1.29, 1.82) is 0 Å². The Morgan fingerprint density at radius 3 is 2.65 bits per heavy atom. The summed E-state index contributed by atoms with van der Waals surface area (Å²) in [5.74, 6) is 0. The van der Waals surface area contributed by atoms with Crippen LogP contribution < -0.4 is 5.32 Å². The molecule has 1 fully saturated rings. The molecule has 100 valence electrons. The molecule has 4 nitrogen and oxygen atoms in total. The minimum atomic E-state index is 0.232. The summed E-state index contributed by atoms with van der Waals surface area (Å²) in [5.41, 5.74) is 0. The first-order valence-electron chi connectivity index (χ1n) is 6.94. The lowest BCUT2D eigenvalue weighted by Gasteiger charge is -2.38. The number of rotatable bonds is 5. The third kappa shape index (κ3) is 3.87. The topological polar surface area (TPSA) is 35.6 Å². The van der Waals surface area contributed by atoms with Crippen LogP contribution in [0.1, 0.15) is 39.5 Å². The molecule has 0 saturated carbocycles. The van der Waals surface area contributed by atoms with Gasteiger partial charge in [-0.05, 0) is 53.1 Å². The molecule has 0 aromatic heterocycles. The number of nitrogens with one attached hydrogen (secondary N) is 1. The summed E-state index contributed by atoms with van der Waals surface area (Å²) in [4.78, 5) is 16.4. The SMILES string of the molecule is CCN(CC)C(=O)N1CCCCC1CCNC. The van der Waals surface area contributed by atoms with Crippen molar-refractivity contribution in [3.05, 3.63) is 0 Å². The van der Waals surface area contributed by atoms with Crippen molar-refractivity contribution < 1.29 is 4.79 Å². The highest BCUT2D eigenvalue weighted by atomic mass is 16.2. The molecule has 4 heteroatoms. The molecule has 0 aliphatic carbocycles. The number of nitrogens with zero attached hydrogens (tertiary/aromatic N) is 2. The van der Waals surface area contributed by atoms with Crippen molar-refractivity contribution in [2.75, 3.05) is 33.2 Å². The molecule has 1 rings (SSSR count). The van der Waals surface area contributed by atoms with Gasteiger partial charge in [-0.25, -0.2) is 4.79 Å². The highest BCUT2D eigenvalue weighted by molar-refractivity contribution is 5.74. The highest BCUT2D eigenvalue weighted by Gasteiger charge is 2.28. The second kappa shape index (κ2) is 7.54. The number of carbonyl (C=O) groups excluding carboxylic acids is 1. The average Bonchev–Trinajstić information content (AvgIpc) is 2.38. The van der Waals surface area contributed by atoms with Crippen molar-refractivity contribution in [3.63, 3.8) is 0 Å². The van der Waals surface area contributed by atoms with Crippen molar-refractivity contribution in [1.82, 2.24) is 15.1 Å². The molecular formula is C13H27N3O. The normalized spacial score (nSPS) is 20.4. The van der Waals surface area contributed by atoms with E-state index in [1.807, 2.05) is 25.8 Å². The number of likely N-dealkylation sites (tertiary alicyclic amines) is 1. The summed E-state index contributed by atoms with van der Waals surface area (Å²) in [7, 11) is 1.97. The number of hydrogen-bond acceptors (Lipinski definition) is 2. The van der Waals surface area contributed by atoms with Crippen LogP contribution in [0.25, 0.3) is 0 Å². The van der Waals surface area contributed by atoms with E-state index < -0.39 is 0 Å². The number of urea groups is 1. The first-order valence-corrected chi connectivity index (χ1v) is 6.94. The van der Waals surface area contributed by atoms with Gasteiger partial charge in [-0.3, -0.25) is 0 Å². The van der Waals surface area contributed by atoms with Crippen molar-refractivity contribution in [3.8, 4) is 0 Å². The zero-order valence-corrected chi connectivity index (χ0v) is 11.5. The third-order valence-electron chi connectivity index (χ3n) is 3.63. The van der Waals surface area contributed by atoms with E-state index in [4.69, 9.17) is 0 Å². The fraction of sp³-hybridized carbons (Fsp3) is 0.923. The Kier molecular flexibility index (Phi) is 6.34. The lowest BCUT2D eigenvalue weighted by atomic mass is 9.99. The van der Waals surface area contributed by atoms with Crippen molar-refractivity contribution in [2.45, 2.75) is 45.6 Å². The van der Waals surface area contributed by atoms with E-state index in [1.54, 1.807) is 0 Å². The summed E-state index contributed by atoms with van der Waals surface area (Å²) < 4.78 is 0. The van der Waals surface area contributed by atoms with Crippen LogP contribution in [0.4, 0.5) is 4.79 Å². The van der Waals surface area contributed by atoms with Gasteiger partial charge in [0, 0.05) is 25.7 Å². The van der Waals surface area contributed by atoms with Gasteiger partial charge in [0.1, 0.15) is 0 Å². The average molecular weight is 241 g/mol. The summed E-state index contributed by atoms with van der Waals surface area (Å²) in [6, 6.07) is 0.667. The first-order chi connectivity index (χ1) is 8.24. The Balaban J connectivity index is 2.59. The Bertz CT molecular complexity index is 229. The molecule has 0 bridgehead atoms. The molecule has 1 saturated heterocycles. The maximum Gasteiger partial charge on any atom is 0.320 e. The Morgan fingerprint density at radius 1 is 1.35 bits per heavy atom. The largest absolute Gasteiger partial charge is 0.325 e. The zero-order chi connectivity index (χ0) is 12.7. The van der Waals surface area contributed by atoms with Gasteiger partial charge in [-0.15, -0.1) is 0 Å². The van der Waals surface area contributed by atoms with Gasteiger partial charge in [0.2, 0.25) is 0 Å². The Hall–Kier alpha value is -0.770. The summed E-state index contributed by atoms with van der Waals surface area (Å²) >= 11 is 0. The lowest BCUT2D eigenvalue weighted by molar-refractivity contribution is 0.115. The second-order valence-corrected chi connectivity index (χ2v) is 4.69. The van der Waals surface area contributed by atoms with Crippen LogP contribution in [0.2, 0.25) is 0 Å². The minimum absolute atomic E-state index is 0.232. The number of carbonyl (C=O) groups is 1. The van der Waals surface area contributed by atoms with E-state index in [-0.39, 0.29) is 6.03 Å². The molecule has 0 aromatic carbocycles. The summed E-state index contributed by atoms with van der Waals surface area (Å²) in [6.45, 7) is 7.65. The van der Waals surface area contributed by atoms with E-state index >= 15 is 0 Å². The van der Waals surface area contributed by atoms with Gasteiger partial charge in [0.05, 0.1) is 0 Å². The molecule has 0 radical (unpaired) electrons. The maximum absolute atomic E-state index is 12.4. The second-order valence-electron chi connectivity index (χ2n) is 4.69. The van der Waals surface area contributed by atoms with E-state index in [2.05, 4.69) is 10.2 Å². The monoisotopic (exact) mass is 241 g/mol. The molecule has 1 aliphatic rings. The lowest BCUT2D eigenvalue weighted by Crippen LogP contribution is -2.50. The van der Waals surface area contributed by atoms with E-state index in [9.17, 15) is 4.79 Å². The zero-order valence-electron chi connectivity index (χ0n) is 11.5. The van der Waals surface area contributed by atoms with Crippen LogP contribution in [0.3, 0.4) is 0 Å². The molecule has 0 aromatic rings. The molecular weight excluding hydrogens is 214 g/mol. The van der Waals surface area contributed by atoms with Crippen molar-refractivity contribution >= 4 is 6.03 Å². The highest BCUT2D eigenvalue weighted by Crippen LogP contribution is 2.20. The van der Waals surface area contributed by atoms with Crippen LogP contribution in [-0.2, 0) is 0 Å². The van der Waals surface area contributed by atoms with Gasteiger partial charge < -0.3 is 15.1 Å². The van der Waals surface area contributed by atoms with Crippen LogP contribution >= 0.6 is 0 Å². The molecule has 17 heavy (non-hydrogen) atoms. The van der Waals surface area contributed by atoms with Gasteiger partial charge in [0.25, 0.3) is 0 Å². The number of piperidine rings is 1.